The lowest BCUT2D eigenvalue weighted by atomic mass is 10.00. The van der Waals surface area contributed by atoms with E-state index in [4.69, 9.17) is 4.74 Å². The van der Waals surface area contributed by atoms with E-state index in [1.54, 1.807) is 6.20 Å². The van der Waals surface area contributed by atoms with E-state index in [0.29, 0.717) is 23.1 Å². The molecular formula is C13H19N3O2. The molecule has 0 N–H and O–H groups in total. The molecule has 0 spiro atoms. The zero-order valence-electron chi connectivity index (χ0n) is 11.1. The van der Waals surface area contributed by atoms with E-state index in [1.807, 2.05) is 6.92 Å². The van der Waals surface area contributed by atoms with Crippen LogP contribution >= 0.6 is 0 Å². The average molecular weight is 249 g/mol. The molecule has 0 bridgehead atoms. The maximum Gasteiger partial charge on any atom is 0.343 e. The van der Waals surface area contributed by atoms with Crippen molar-refractivity contribution in [1.82, 2.24) is 9.97 Å². The molecule has 5 heteroatoms. The van der Waals surface area contributed by atoms with Gasteiger partial charge in [-0.3, -0.25) is 0 Å². The molecule has 98 valence electrons. The first-order valence-corrected chi connectivity index (χ1v) is 6.28. The summed E-state index contributed by atoms with van der Waals surface area (Å²) < 4.78 is 4.79. The van der Waals surface area contributed by atoms with E-state index in [1.165, 1.54) is 13.5 Å². The van der Waals surface area contributed by atoms with Gasteiger partial charge in [-0.2, -0.15) is 0 Å². The molecule has 0 aliphatic carbocycles. The van der Waals surface area contributed by atoms with Crippen molar-refractivity contribution in [3.63, 3.8) is 0 Å². The summed E-state index contributed by atoms with van der Waals surface area (Å²) in [6, 6.07) is 0. The Morgan fingerprint density at radius 3 is 3.00 bits per heavy atom. The molecule has 0 saturated carbocycles. The first kappa shape index (κ1) is 12.8. The van der Waals surface area contributed by atoms with E-state index in [2.05, 4.69) is 21.8 Å². The number of hydrogen-bond donors (Lipinski definition) is 0. The lowest BCUT2D eigenvalue weighted by Crippen LogP contribution is -2.36. The fraction of sp³-hybridized carbons (Fsp3) is 0.615. The van der Waals surface area contributed by atoms with Crippen LogP contribution in [0.1, 0.15) is 35.9 Å². The molecule has 5 nitrogen and oxygen atoms in total. The van der Waals surface area contributed by atoms with E-state index >= 15 is 0 Å². The number of aryl methyl sites for hydroxylation is 1. The van der Waals surface area contributed by atoms with Gasteiger partial charge in [-0.15, -0.1) is 0 Å². The third-order valence-corrected chi connectivity index (χ3v) is 3.25. The summed E-state index contributed by atoms with van der Waals surface area (Å²) in [5, 5.41) is 0. The summed E-state index contributed by atoms with van der Waals surface area (Å²) in [4.78, 5) is 22.4. The Hall–Kier alpha value is -1.65. The molecule has 0 radical (unpaired) electrons. The summed E-state index contributed by atoms with van der Waals surface area (Å²) in [6.45, 7) is 5.92. The summed E-state index contributed by atoms with van der Waals surface area (Å²) in [7, 11) is 1.38. The van der Waals surface area contributed by atoms with Crippen LogP contribution in [0.5, 0.6) is 0 Å². The minimum atomic E-state index is -0.372. The van der Waals surface area contributed by atoms with Gasteiger partial charge in [-0.1, -0.05) is 6.92 Å². The normalized spacial score (nSPS) is 19.7. The highest BCUT2D eigenvalue weighted by Crippen LogP contribution is 2.24. The van der Waals surface area contributed by atoms with Crippen LogP contribution in [0.4, 0.5) is 5.82 Å². The largest absolute Gasteiger partial charge is 0.465 e. The van der Waals surface area contributed by atoms with Gasteiger partial charge in [0.15, 0.2) is 0 Å². The molecule has 1 atom stereocenters. The second-order valence-electron chi connectivity index (χ2n) is 4.84. The maximum absolute atomic E-state index is 11.7. The second kappa shape index (κ2) is 5.33. The summed E-state index contributed by atoms with van der Waals surface area (Å²) in [6.07, 6.45) is 3.92. The predicted molar refractivity (Wildman–Crippen MR) is 68.7 cm³/mol. The molecular weight excluding hydrogens is 230 g/mol. The Kier molecular flexibility index (Phi) is 3.79. The topological polar surface area (TPSA) is 55.3 Å². The number of aromatic nitrogens is 2. The van der Waals surface area contributed by atoms with Crippen LogP contribution in [-0.4, -0.2) is 36.1 Å². The maximum atomic E-state index is 11.7. The Morgan fingerprint density at radius 2 is 2.33 bits per heavy atom. The molecule has 0 aromatic carbocycles. The predicted octanol–water partition coefficient (Wildman–Crippen LogP) is 1.81. The number of ether oxygens (including phenoxy) is 1. The van der Waals surface area contributed by atoms with E-state index in [9.17, 15) is 4.79 Å². The van der Waals surface area contributed by atoms with Crippen molar-refractivity contribution < 1.29 is 9.53 Å². The highest BCUT2D eigenvalue weighted by molar-refractivity contribution is 5.94. The van der Waals surface area contributed by atoms with Gasteiger partial charge in [0.05, 0.1) is 7.11 Å². The SMILES string of the molecule is COC(=O)c1cnc(C)nc1N1CCCC(C)C1. The summed E-state index contributed by atoms with van der Waals surface area (Å²) in [5.74, 6) is 1.64. The number of esters is 1. The average Bonchev–Trinajstić information content (AvgIpc) is 2.38. The lowest BCUT2D eigenvalue weighted by molar-refractivity contribution is 0.0600. The Bertz CT molecular complexity index is 448. The number of nitrogens with zero attached hydrogens (tertiary/aromatic N) is 3. The standard InChI is InChI=1S/C13H19N3O2/c1-9-5-4-6-16(8-9)12-11(13(17)18-3)7-14-10(2)15-12/h7,9H,4-6,8H2,1-3H3. The third kappa shape index (κ3) is 2.60. The van der Waals surface area contributed by atoms with Gasteiger partial charge in [0, 0.05) is 19.3 Å². The number of piperidine rings is 1. The van der Waals surface area contributed by atoms with Gasteiger partial charge in [0.2, 0.25) is 0 Å². The number of hydrogen-bond acceptors (Lipinski definition) is 5. The van der Waals surface area contributed by atoms with Crippen LogP contribution in [0.25, 0.3) is 0 Å². The number of methoxy groups -OCH3 is 1. The number of rotatable bonds is 2. The van der Waals surface area contributed by atoms with E-state index < -0.39 is 0 Å². The summed E-state index contributed by atoms with van der Waals surface area (Å²) >= 11 is 0. The van der Waals surface area contributed by atoms with Crippen molar-refractivity contribution >= 4 is 11.8 Å². The second-order valence-corrected chi connectivity index (χ2v) is 4.84. The summed E-state index contributed by atoms with van der Waals surface area (Å²) in [5.41, 5.74) is 0.456. The van der Waals surface area contributed by atoms with Crippen LogP contribution < -0.4 is 4.90 Å². The lowest BCUT2D eigenvalue weighted by Gasteiger charge is -2.32. The van der Waals surface area contributed by atoms with Crippen molar-refractivity contribution in [1.29, 1.82) is 0 Å². The zero-order valence-corrected chi connectivity index (χ0v) is 11.1. The molecule has 1 aromatic heterocycles. The van der Waals surface area contributed by atoms with Gasteiger partial charge < -0.3 is 9.64 Å². The molecule has 1 unspecified atom stereocenters. The van der Waals surface area contributed by atoms with Crippen molar-refractivity contribution in [2.24, 2.45) is 5.92 Å². The molecule has 2 heterocycles. The van der Waals surface area contributed by atoms with Gasteiger partial charge in [0.1, 0.15) is 17.2 Å². The minimum Gasteiger partial charge on any atom is -0.465 e. The first-order chi connectivity index (χ1) is 8.61. The monoisotopic (exact) mass is 249 g/mol. The third-order valence-electron chi connectivity index (χ3n) is 3.25. The van der Waals surface area contributed by atoms with Gasteiger partial charge in [-0.25, -0.2) is 14.8 Å². The highest BCUT2D eigenvalue weighted by atomic mass is 16.5. The Morgan fingerprint density at radius 1 is 1.56 bits per heavy atom. The van der Waals surface area contributed by atoms with Crippen LogP contribution in [0.15, 0.2) is 6.20 Å². The van der Waals surface area contributed by atoms with Crippen LogP contribution in [0, 0.1) is 12.8 Å². The smallest absolute Gasteiger partial charge is 0.343 e. The number of carbonyl (C=O) groups is 1. The van der Waals surface area contributed by atoms with Crippen LogP contribution in [0.2, 0.25) is 0 Å². The molecule has 1 saturated heterocycles. The van der Waals surface area contributed by atoms with Crippen molar-refractivity contribution in [2.75, 3.05) is 25.1 Å². The molecule has 1 aliphatic heterocycles. The van der Waals surface area contributed by atoms with Crippen LogP contribution in [-0.2, 0) is 4.74 Å². The first-order valence-electron chi connectivity index (χ1n) is 6.28. The Labute approximate surface area is 107 Å². The molecule has 18 heavy (non-hydrogen) atoms. The van der Waals surface area contributed by atoms with Gasteiger partial charge in [0.25, 0.3) is 0 Å². The Balaban J connectivity index is 2.35. The van der Waals surface area contributed by atoms with Crippen molar-refractivity contribution in [2.45, 2.75) is 26.7 Å². The molecule has 2 rings (SSSR count). The molecule has 1 fully saturated rings. The number of carbonyl (C=O) groups excluding carboxylic acids is 1. The van der Waals surface area contributed by atoms with E-state index in [0.717, 1.165) is 19.5 Å². The fourth-order valence-corrected chi connectivity index (χ4v) is 2.33. The highest BCUT2D eigenvalue weighted by Gasteiger charge is 2.23. The molecule has 0 amide bonds. The van der Waals surface area contributed by atoms with Gasteiger partial charge in [-0.05, 0) is 25.7 Å². The van der Waals surface area contributed by atoms with E-state index in [-0.39, 0.29) is 5.97 Å². The fourth-order valence-electron chi connectivity index (χ4n) is 2.33. The minimum absolute atomic E-state index is 0.372. The van der Waals surface area contributed by atoms with Crippen LogP contribution in [0.3, 0.4) is 0 Å². The van der Waals surface area contributed by atoms with Gasteiger partial charge >= 0.3 is 5.97 Å². The quantitative estimate of drug-likeness (QED) is 0.748. The molecule has 1 aromatic rings. The molecule has 1 aliphatic rings. The van der Waals surface area contributed by atoms with Crippen molar-refractivity contribution in [3.8, 4) is 0 Å². The number of anilines is 1. The zero-order chi connectivity index (χ0) is 13.1. The van der Waals surface area contributed by atoms with Crippen molar-refractivity contribution in [3.05, 3.63) is 17.6 Å².